The summed E-state index contributed by atoms with van der Waals surface area (Å²) in [5, 5.41) is 0. The van der Waals surface area contributed by atoms with Crippen LogP contribution in [0.3, 0.4) is 0 Å². The fourth-order valence-electron chi connectivity index (χ4n) is 3.97. The minimum Gasteiger partial charge on any atom is -0.486 e. The lowest BCUT2D eigenvalue weighted by molar-refractivity contribution is 0.0638. The first-order valence-electron chi connectivity index (χ1n) is 10.7. The molecule has 0 saturated carbocycles. The van der Waals surface area contributed by atoms with Crippen molar-refractivity contribution in [1.82, 2.24) is 9.80 Å². The van der Waals surface area contributed by atoms with Gasteiger partial charge in [-0.2, -0.15) is 0 Å². The van der Waals surface area contributed by atoms with Gasteiger partial charge in [0, 0.05) is 44.5 Å². The third-order valence-corrected chi connectivity index (χ3v) is 5.63. The van der Waals surface area contributed by atoms with Gasteiger partial charge in [0.25, 0.3) is 17.7 Å². The van der Waals surface area contributed by atoms with Gasteiger partial charge in [-0.25, -0.2) is 0 Å². The molecular weight excluding hydrogens is 412 g/mol. The number of amides is 3. The number of hydrogen-bond donors (Lipinski definition) is 0. The van der Waals surface area contributed by atoms with Crippen molar-refractivity contribution in [1.29, 1.82) is 0 Å². The smallest absolute Gasteiger partial charge is 0.261 e. The van der Waals surface area contributed by atoms with Gasteiger partial charge in [-0.15, -0.1) is 0 Å². The molecule has 0 atom stereocenters. The lowest BCUT2D eigenvalue weighted by atomic mass is 10.0. The summed E-state index contributed by atoms with van der Waals surface area (Å²) in [6.07, 6.45) is 0.560. The number of nitrogens with zero attached hydrogens (tertiary/aromatic N) is 2. The Hall–Kier alpha value is -3.39. The van der Waals surface area contributed by atoms with E-state index in [1.165, 1.54) is 11.0 Å². The van der Waals surface area contributed by atoms with E-state index < -0.39 is 0 Å². The van der Waals surface area contributed by atoms with Crippen LogP contribution in [0.15, 0.2) is 36.4 Å². The maximum atomic E-state index is 13.3. The zero-order valence-corrected chi connectivity index (χ0v) is 18.3. The molecule has 8 nitrogen and oxygen atoms in total. The fraction of sp³-hybridized carbons (Fsp3) is 0.375. The van der Waals surface area contributed by atoms with Crippen molar-refractivity contribution in [3.8, 4) is 11.5 Å². The highest BCUT2D eigenvalue weighted by Crippen LogP contribution is 2.34. The van der Waals surface area contributed by atoms with Gasteiger partial charge in [-0.05, 0) is 37.6 Å². The van der Waals surface area contributed by atoms with Crippen LogP contribution in [0.5, 0.6) is 11.5 Å². The van der Waals surface area contributed by atoms with Crippen molar-refractivity contribution in [2.45, 2.75) is 19.9 Å². The topological polar surface area (TPSA) is 85.4 Å². The van der Waals surface area contributed by atoms with Crippen molar-refractivity contribution in [3.63, 3.8) is 0 Å². The standard InChI is InChI=1S/C24H26N2O6/c1-3-25(15-17-6-4-7-20-21(17)32-13-12-31-20)22(27)16-8-9-18-19(14-16)24(29)26(23(18)28)10-5-11-30-2/h4,6-9,14H,3,5,10-13,15H2,1-2H3. The molecule has 2 aliphatic heterocycles. The molecule has 2 heterocycles. The lowest BCUT2D eigenvalue weighted by Crippen LogP contribution is -2.31. The van der Waals surface area contributed by atoms with Crippen LogP contribution in [0.4, 0.5) is 0 Å². The summed E-state index contributed by atoms with van der Waals surface area (Å²) in [6, 6.07) is 10.3. The average molecular weight is 438 g/mol. The Morgan fingerprint density at radius 3 is 2.66 bits per heavy atom. The van der Waals surface area contributed by atoms with E-state index >= 15 is 0 Å². The van der Waals surface area contributed by atoms with Crippen molar-refractivity contribution in [2.24, 2.45) is 0 Å². The Labute approximate surface area is 186 Å². The first-order chi connectivity index (χ1) is 15.5. The van der Waals surface area contributed by atoms with Crippen LogP contribution < -0.4 is 9.47 Å². The van der Waals surface area contributed by atoms with Gasteiger partial charge >= 0.3 is 0 Å². The number of hydrogen-bond acceptors (Lipinski definition) is 6. The van der Waals surface area contributed by atoms with Crippen LogP contribution >= 0.6 is 0 Å². The monoisotopic (exact) mass is 438 g/mol. The molecule has 2 aromatic rings. The van der Waals surface area contributed by atoms with Gasteiger partial charge in [0.1, 0.15) is 13.2 Å². The first kappa shape index (κ1) is 21.8. The summed E-state index contributed by atoms with van der Waals surface area (Å²) >= 11 is 0. The van der Waals surface area contributed by atoms with Crippen molar-refractivity contribution < 1.29 is 28.6 Å². The molecule has 4 rings (SSSR count). The second-order valence-corrected chi connectivity index (χ2v) is 7.63. The fourth-order valence-corrected chi connectivity index (χ4v) is 3.97. The molecule has 0 aromatic heterocycles. The second-order valence-electron chi connectivity index (χ2n) is 7.63. The molecule has 2 aliphatic rings. The SMILES string of the molecule is CCN(Cc1cccc2c1OCCO2)C(=O)c1ccc2c(c1)C(=O)N(CCCOC)C2=O. The molecule has 0 aliphatic carbocycles. The van der Waals surface area contributed by atoms with Crippen LogP contribution in [0.1, 0.15) is 50.0 Å². The van der Waals surface area contributed by atoms with E-state index in [1.54, 1.807) is 24.1 Å². The Morgan fingerprint density at radius 1 is 1.09 bits per heavy atom. The van der Waals surface area contributed by atoms with Crippen molar-refractivity contribution in [2.75, 3.05) is 40.0 Å². The number of imide groups is 1. The number of ether oxygens (including phenoxy) is 3. The van der Waals surface area contributed by atoms with Crippen LogP contribution in [0.25, 0.3) is 0 Å². The molecule has 168 valence electrons. The first-order valence-corrected chi connectivity index (χ1v) is 10.7. The minimum atomic E-state index is -0.374. The van der Waals surface area contributed by atoms with Gasteiger partial charge in [0.2, 0.25) is 0 Å². The molecule has 0 radical (unpaired) electrons. The molecule has 2 aromatic carbocycles. The third-order valence-electron chi connectivity index (χ3n) is 5.63. The van der Waals surface area contributed by atoms with Crippen molar-refractivity contribution >= 4 is 17.7 Å². The summed E-state index contributed by atoms with van der Waals surface area (Å²) in [5.41, 5.74) is 1.82. The van der Waals surface area contributed by atoms with E-state index in [4.69, 9.17) is 14.2 Å². The van der Waals surface area contributed by atoms with E-state index in [9.17, 15) is 14.4 Å². The molecule has 0 fully saturated rings. The Balaban J connectivity index is 1.54. The predicted molar refractivity (Wildman–Crippen MR) is 116 cm³/mol. The molecule has 0 N–H and O–H groups in total. The number of carbonyl (C=O) groups excluding carboxylic acids is 3. The van der Waals surface area contributed by atoms with Gasteiger partial charge in [0.15, 0.2) is 11.5 Å². The van der Waals surface area contributed by atoms with E-state index in [1.807, 2.05) is 25.1 Å². The molecule has 0 spiro atoms. The van der Waals surface area contributed by atoms with E-state index in [0.29, 0.717) is 62.0 Å². The highest BCUT2D eigenvalue weighted by Gasteiger charge is 2.36. The van der Waals surface area contributed by atoms with E-state index in [-0.39, 0.29) is 29.8 Å². The Morgan fingerprint density at radius 2 is 1.88 bits per heavy atom. The zero-order valence-electron chi connectivity index (χ0n) is 18.3. The molecule has 0 unspecified atom stereocenters. The molecule has 3 amide bonds. The molecule has 0 bridgehead atoms. The summed E-state index contributed by atoms with van der Waals surface area (Å²) in [4.78, 5) is 41.5. The van der Waals surface area contributed by atoms with Crippen molar-refractivity contribution in [3.05, 3.63) is 58.7 Å². The van der Waals surface area contributed by atoms with Crippen LogP contribution in [0.2, 0.25) is 0 Å². The number of rotatable bonds is 8. The lowest BCUT2D eigenvalue weighted by Gasteiger charge is -2.25. The molecule has 0 saturated heterocycles. The average Bonchev–Trinajstić information content (AvgIpc) is 3.06. The van der Waals surface area contributed by atoms with Gasteiger partial charge < -0.3 is 19.1 Å². The number of methoxy groups -OCH3 is 1. The Kier molecular flexibility index (Phi) is 6.41. The zero-order chi connectivity index (χ0) is 22.7. The maximum Gasteiger partial charge on any atom is 0.261 e. The van der Waals surface area contributed by atoms with E-state index in [0.717, 1.165) is 5.56 Å². The quantitative estimate of drug-likeness (QED) is 0.465. The largest absolute Gasteiger partial charge is 0.486 e. The van der Waals surface area contributed by atoms with Gasteiger partial charge in [-0.1, -0.05) is 12.1 Å². The highest BCUT2D eigenvalue weighted by molar-refractivity contribution is 6.22. The van der Waals surface area contributed by atoms with Crippen LogP contribution in [0, 0.1) is 0 Å². The molecular formula is C24H26N2O6. The number of fused-ring (bicyclic) bond motifs is 2. The van der Waals surface area contributed by atoms with Crippen LogP contribution in [-0.4, -0.2) is 67.5 Å². The minimum absolute atomic E-state index is 0.220. The number of para-hydroxylation sites is 1. The highest BCUT2D eigenvalue weighted by atomic mass is 16.6. The maximum absolute atomic E-state index is 13.3. The van der Waals surface area contributed by atoms with Gasteiger partial charge in [-0.3, -0.25) is 19.3 Å². The predicted octanol–water partition coefficient (Wildman–Crippen LogP) is 2.75. The summed E-state index contributed by atoms with van der Waals surface area (Å²) in [7, 11) is 1.57. The van der Waals surface area contributed by atoms with Crippen LogP contribution in [-0.2, 0) is 11.3 Å². The molecule has 32 heavy (non-hydrogen) atoms. The Bertz CT molecular complexity index is 1050. The normalized spacial score (nSPS) is 14.5. The summed E-state index contributed by atoms with van der Waals surface area (Å²) in [6.45, 7) is 4.41. The van der Waals surface area contributed by atoms with E-state index in [2.05, 4.69) is 0 Å². The second kappa shape index (κ2) is 9.40. The number of benzene rings is 2. The summed E-state index contributed by atoms with van der Waals surface area (Å²) in [5.74, 6) is 0.406. The van der Waals surface area contributed by atoms with Gasteiger partial charge in [0.05, 0.1) is 11.1 Å². The summed E-state index contributed by atoms with van der Waals surface area (Å²) < 4.78 is 16.4. The third kappa shape index (κ3) is 4.05. The molecule has 8 heteroatoms. The number of carbonyl (C=O) groups is 3.